The van der Waals surface area contributed by atoms with Crippen LogP contribution < -0.4 is 10.6 Å². The Bertz CT molecular complexity index is 231. The van der Waals surface area contributed by atoms with E-state index in [1.165, 1.54) is 0 Å². The van der Waals surface area contributed by atoms with Gasteiger partial charge in [0.1, 0.15) is 0 Å². The van der Waals surface area contributed by atoms with Crippen molar-refractivity contribution in [3.63, 3.8) is 0 Å². The highest BCUT2D eigenvalue weighted by Gasteiger charge is 2.05. The van der Waals surface area contributed by atoms with Crippen LogP contribution in [0.3, 0.4) is 0 Å². The van der Waals surface area contributed by atoms with Crippen LogP contribution in [0.5, 0.6) is 0 Å². The summed E-state index contributed by atoms with van der Waals surface area (Å²) in [4.78, 5) is 10.9. The predicted molar refractivity (Wildman–Crippen MR) is 55.5 cm³/mol. The average Bonchev–Trinajstić information content (AvgIpc) is 2.13. The Morgan fingerprint density at radius 3 is 2.62 bits per heavy atom. The average molecular weight is 180 g/mol. The monoisotopic (exact) mass is 180 g/mol. The Labute approximate surface area is 79.2 Å². The molecule has 1 unspecified atom stereocenters. The lowest BCUT2D eigenvalue weighted by Crippen LogP contribution is -2.39. The van der Waals surface area contributed by atoms with Crippen LogP contribution >= 0.6 is 0 Å². The van der Waals surface area contributed by atoms with Crippen molar-refractivity contribution < 1.29 is 4.79 Å². The molecule has 0 bridgehead atoms. The highest BCUT2D eigenvalue weighted by Crippen LogP contribution is 2.00. The summed E-state index contributed by atoms with van der Waals surface area (Å²) >= 11 is 0. The molecule has 0 fully saturated rings. The molecule has 0 saturated heterocycles. The van der Waals surface area contributed by atoms with Gasteiger partial charge in [-0.05, 0) is 12.5 Å². The summed E-state index contributed by atoms with van der Waals surface area (Å²) in [6, 6.07) is -0.281. The van der Waals surface area contributed by atoms with Gasteiger partial charge in [-0.15, -0.1) is 0 Å². The number of allylic oxidation sites excluding steroid dienone is 2. The molecule has 0 heterocycles. The van der Waals surface area contributed by atoms with Gasteiger partial charge >= 0.3 is 6.03 Å². The summed E-state index contributed by atoms with van der Waals surface area (Å²) < 4.78 is 0. The quantitative estimate of drug-likeness (QED) is 0.634. The van der Waals surface area contributed by atoms with E-state index in [9.17, 15) is 4.79 Å². The van der Waals surface area contributed by atoms with E-state index in [1.54, 1.807) is 19.2 Å². The minimum Gasteiger partial charge on any atom is -0.341 e. The van der Waals surface area contributed by atoms with Crippen molar-refractivity contribution in [2.75, 3.05) is 7.05 Å². The molecule has 0 saturated carbocycles. The zero-order valence-electron chi connectivity index (χ0n) is 8.13. The van der Waals surface area contributed by atoms with Crippen LogP contribution in [-0.2, 0) is 0 Å². The van der Waals surface area contributed by atoms with Crippen LogP contribution in [0.2, 0.25) is 0 Å². The molecule has 0 aromatic heterocycles. The fraction of sp³-hybridized carbons (Fsp3) is 0.300. The molecular weight excluding hydrogens is 164 g/mol. The van der Waals surface area contributed by atoms with E-state index in [2.05, 4.69) is 23.8 Å². The summed E-state index contributed by atoms with van der Waals surface area (Å²) in [5.74, 6) is 0. The zero-order chi connectivity index (χ0) is 10.3. The van der Waals surface area contributed by atoms with Gasteiger partial charge in [0.15, 0.2) is 0 Å². The Balaban J connectivity index is 4.03. The summed E-state index contributed by atoms with van der Waals surface area (Å²) in [6.07, 6.45) is 5.26. The van der Waals surface area contributed by atoms with Gasteiger partial charge in [-0.25, -0.2) is 4.79 Å². The third-order valence-electron chi connectivity index (χ3n) is 1.58. The van der Waals surface area contributed by atoms with Gasteiger partial charge in [-0.2, -0.15) is 0 Å². The molecule has 13 heavy (non-hydrogen) atoms. The molecule has 0 aliphatic heterocycles. The van der Waals surface area contributed by atoms with Crippen LogP contribution in [0.4, 0.5) is 4.79 Å². The molecule has 0 aliphatic rings. The first-order chi connectivity index (χ1) is 6.11. The number of nitrogens with one attached hydrogen (secondary N) is 2. The van der Waals surface area contributed by atoms with Crippen molar-refractivity contribution in [3.8, 4) is 0 Å². The van der Waals surface area contributed by atoms with Crippen molar-refractivity contribution in [2.45, 2.75) is 13.0 Å². The van der Waals surface area contributed by atoms with Gasteiger partial charge < -0.3 is 10.6 Å². The maximum absolute atomic E-state index is 10.9. The van der Waals surface area contributed by atoms with Gasteiger partial charge in [-0.3, -0.25) is 0 Å². The maximum atomic E-state index is 10.9. The van der Waals surface area contributed by atoms with Gasteiger partial charge in [0.05, 0.1) is 6.04 Å². The number of rotatable bonds is 4. The lowest BCUT2D eigenvalue weighted by atomic mass is 10.1. The first kappa shape index (κ1) is 11.5. The summed E-state index contributed by atoms with van der Waals surface area (Å²) in [5.41, 5.74) is 0.837. The standard InChI is InChI=1S/C10H16N2O/c1-5-6-7-8(2)9(3)12-10(13)11-4/h5-7,9H,1-2H2,3-4H3,(H2,11,12,13). The van der Waals surface area contributed by atoms with Gasteiger partial charge in [0.2, 0.25) is 0 Å². The van der Waals surface area contributed by atoms with Crippen molar-refractivity contribution in [3.05, 3.63) is 37.0 Å². The number of amides is 2. The number of hydrogen-bond acceptors (Lipinski definition) is 1. The lowest BCUT2D eigenvalue weighted by molar-refractivity contribution is 0.241. The minimum atomic E-state index is -0.208. The van der Waals surface area contributed by atoms with Gasteiger partial charge in [0.25, 0.3) is 0 Å². The SMILES string of the molecule is C=CC=CC(=C)C(C)NC(=O)NC. The van der Waals surface area contributed by atoms with E-state index >= 15 is 0 Å². The molecule has 0 spiro atoms. The normalized spacial score (nSPS) is 12.2. The van der Waals surface area contributed by atoms with Crippen LogP contribution in [0.25, 0.3) is 0 Å². The third-order valence-corrected chi connectivity index (χ3v) is 1.58. The van der Waals surface area contributed by atoms with Crippen LogP contribution in [0, 0.1) is 0 Å². The van der Waals surface area contributed by atoms with Crippen LogP contribution in [-0.4, -0.2) is 19.1 Å². The van der Waals surface area contributed by atoms with E-state index in [-0.39, 0.29) is 12.1 Å². The topological polar surface area (TPSA) is 41.1 Å². The number of carbonyl (C=O) groups excluding carboxylic acids is 1. The largest absolute Gasteiger partial charge is 0.341 e. The van der Waals surface area contributed by atoms with Crippen molar-refractivity contribution in [2.24, 2.45) is 0 Å². The van der Waals surface area contributed by atoms with Gasteiger partial charge in [-0.1, -0.05) is 31.4 Å². The van der Waals surface area contributed by atoms with E-state index in [0.717, 1.165) is 5.57 Å². The Hall–Kier alpha value is -1.51. The van der Waals surface area contributed by atoms with Crippen molar-refractivity contribution in [1.29, 1.82) is 0 Å². The van der Waals surface area contributed by atoms with Crippen LogP contribution in [0.15, 0.2) is 37.0 Å². The molecular formula is C10H16N2O. The molecule has 1 atom stereocenters. The smallest absolute Gasteiger partial charge is 0.315 e. The first-order valence-corrected chi connectivity index (χ1v) is 4.08. The Morgan fingerprint density at radius 2 is 2.15 bits per heavy atom. The second-order valence-corrected chi connectivity index (χ2v) is 2.61. The molecule has 0 rings (SSSR count). The number of carbonyl (C=O) groups is 1. The first-order valence-electron chi connectivity index (χ1n) is 4.08. The highest BCUT2D eigenvalue weighted by atomic mass is 16.2. The second kappa shape index (κ2) is 6.06. The van der Waals surface area contributed by atoms with Crippen LogP contribution in [0.1, 0.15) is 6.92 Å². The number of hydrogen-bond donors (Lipinski definition) is 2. The minimum absolute atomic E-state index is 0.0730. The second-order valence-electron chi connectivity index (χ2n) is 2.61. The molecule has 0 aliphatic carbocycles. The molecule has 3 heteroatoms. The fourth-order valence-electron chi connectivity index (χ4n) is 0.697. The molecule has 2 amide bonds. The number of urea groups is 1. The Morgan fingerprint density at radius 1 is 1.54 bits per heavy atom. The molecule has 0 radical (unpaired) electrons. The van der Waals surface area contributed by atoms with E-state index < -0.39 is 0 Å². The highest BCUT2D eigenvalue weighted by molar-refractivity contribution is 5.74. The van der Waals surface area contributed by atoms with E-state index in [4.69, 9.17) is 0 Å². The predicted octanol–water partition coefficient (Wildman–Crippen LogP) is 1.60. The lowest BCUT2D eigenvalue weighted by Gasteiger charge is -2.13. The molecule has 3 nitrogen and oxygen atoms in total. The maximum Gasteiger partial charge on any atom is 0.315 e. The molecule has 72 valence electrons. The molecule has 0 aromatic carbocycles. The Kier molecular flexibility index (Phi) is 5.35. The van der Waals surface area contributed by atoms with Gasteiger partial charge in [0, 0.05) is 7.05 Å². The fourth-order valence-corrected chi connectivity index (χ4v) is 0.697. The summed E-state index contributed by atoms with van der Waals surface area (Å²) in [6.45, 7) is 9.21. The van der Waals surface area contributed by atoms with Crippen molar-refractivity contribution >= 4 is 6.03 Å². The molecule has 2 N–H and O–H groups in total. The van der Waals surface area contributed by atoms with Crippen molar-refractivity contribution in [1.82, 2.24) is 10.6 Å². The summed E-state index contributed by atoms with van der Waals surface area (Å²) in [7, 11) is 1.57. The van der Waals surface area contributed by atoms with E-state index in [0.29, 0.717) is 0 Å². The molecule has 0 aromatic rings. The summed E-state index contributed by atoms with van der Waals surface area (Å²) in [5, 5.41) is 5.17. The zero-order valence-corrected chi connectivity index (χ0v) is 8.13. The van der Waals surface area contributed by atoms with E-state index in [1.807, 2.05) is 13.0 Å². The third kappa shape index (κ3) is 4.85.